The molecule has 1 amide bonds. The number of aryl methyl sites for hydroxylation is 1. The molecular weight excluding hydrogens is 322 g/mol. The maximum Gasteiger partial charge on any atom is 0.223 e. The number of hydrogen-bond acceptors (Lipinski definition) is 6. The SMILES string of the molecule is CC(=O)Nc1ncc(CN2CCN[C@H](Cc3ccnc(C)c3)C2)s1. The highest BCUT2D eigenvalue weighted by Gasteiger charge is 2.20. The molecule has 24 heavy (non-hydrogen) atoms. The van der Waals surface area contributed by atoms with Crippen LogP contribution < -0.4 is 10.6 Å². The molecule has 1 saturated heterocycles. The van der Waals surface area contributed by atoms with Crippen molar-refractivity contribution in [2.24, 2.45) is 0 Å². The van der Waals surface area contributed by atoms with Gasteiger partial charge in [0.2, 0.25) is 5.91 Å². The molecule has 128 valence electrons. The number of hydrogen-bond donors (Lipinski definition) is 2. The van der Waals surface area contributed by atoms with Crippen LogP contribution in [0.2, 0.25) is 0 Å². The van der Waals surface area contributed by atoms with Crippen LogP contribution in [0.25, 0.3) is 0 Å². The molecule has 1 fully saturated rings. The van der Waals surface area contributed by atoms with Crippen molar-refractivity contribution in [3.63, 3.8) is 0 Å². The molecule has 2 aromatic rings. The molecule has 0 spiro atoms. The van der Waals surface area contributed by atoms with E-state index in [4.69, 9.17) is 0 Å². The Morgan fingerprint density at radius 3 is 3.17 bits per heavy atom. The van der Waals surface area contributed by atoms with Crippen LogP contribution >= 0.6 is 11.3 Å². The van der Waals surface area contributed by atoms with Gasteiger partial charge in [-0.05, 0) is 31.0 Å². The Balaban J connectivity index is 1.55. The van der Waals surface area contributed by atoms with Crippen LogP contribution in [0.1, 0.15) is 23.1 Å². The Hall–Kier alpha value is -1.83. The minimum absolute atomic E-state index is 0.0780. The first-order valence-electron chi connectivity index (χ1n) is 8.18. The number of carbonyl (C=O) groups is 1. The number of rotatable bonds is 5. The van der Waals surface area contributed by atoms with E-state index in [9.17, 15) is 4.79 Å². The van der Waals surface area contributed by atoms with Crippen LogP contribution in [0.15, 0.2) is 24.5 Å². The van der Waals surface area contributed by atoms with Gasteiger partial charge in [0.1, 0.15) is 0 Å². The first-order chi connectivity index (χ1) is 11.6. The lowest BCUT2D eigenvalue weighted by Crippen LogP contribution is -2.51. The molecule has 1 aliphatic rings. The zero-order valence-electron chi connectivity index (χ0n) is 14.1. The van der Waals surface area contributed by atoms with Crippen molar-refractivity contribution in [2.75, 3.05) is 25.0 Å². The maximum atomic E-state index is 11.1. The van der Waals surface area contributed by atoms with Crippen LogP contribution in [0, 0.1) is 6.92 Å². The predicted molar refractivity (Wildman–Crippen MR) is 96.2 cm³/mol. The molecule has 2 N–H and O–H groups in total. The normalized spacial score (nSPS) is 18.5. The van der Waals surface area contributed by atoms with Gasteiger partial charge in [-0.2, -0.15) is 0 Å². The first kappa shape index (κ1) is 17.0. The van der Waals surface area contributed by atoms with Gasteiger partial charge >= 0.3 is 0 Å². The summed E-state index contributed by atoms with van der Waals surface area (Å²) in [5, 5.41) is 7.02. The molecule has 0 aromatic carbocycles. The van der Waals surface area contributed by atoms with Gasteiger partial charge in [0.05, 0.1) is 0 Å². The van der Waals surface area contributed by atoms with Crippen molar-refractivity contribution >= 4 is 22.4 Å². The van der Waals surface area contributed by atoms with Crippen molar-refractivity contribution in [2.45, 2.75) is 32.9 Å². The number of anilines is 1. The zero-order chi connectivity index (χ0) is 16.9. The number of piperazine rings is 1. The summed E-state index contributed by atoms with van der Waals surface area (Å²) in [6.07, 6.45) is 4.75. The quantitative estimate of drug-likeness (QED) is 0.865. The molecular formula is C17H23N5OS. The summed E-state index contributed by atoms with van der Waals surface area (Å²) in [5.41, 5.74) is 2.39. The predicted octanol–water partition coefficient (Wildman–Crippen LogP) is 1.82. The van der Waals surface area contributed by atoms with E-state index < -0.39 is 0 Å². The molecule has 2 aromatic heterocycles. The van der Waals surface area contributed by atoms with Crippen LogP contribution in [-0.4, -0.2) is 46.5 Å². The lowest BCUT2D eigenvalue weighted by atomic mass is 10.0. The molecule has 1 atom stereocenters. The fourth-order valence-corrected chi connectivity index (χ4v) is 3.90. The topological polar surface area (TPSA) is 70.2 Å². The number of aromatic nitrogens is 2. The van der Waals surface area contributed by atoms with Crippen molar-refractivity contribution in [1.82, 2.24) is 20.2 Å². The van der Waals surface area contributed by atoms with Crippen molar-refractivity contribution in [3.8, 4) is 0 Å². The average Bonchev–Trinajstić information content (AvgIpc) is 2.94. The van der Waals surface area contributed by atoms with Gasteiger partial charge < -0.3 is 10.6 Å². The van der Waals surface area contributed by atoms with Gasteiger partial charge in [-0.1, -0.05) is 0 Å². The van der Waals surface area contributed by atoms with E-state index in [1.165, 1.54) is 17.4 Å². The molecule has 0 bridgehead atoms. The number of nitrogens with zero attached hydrogens (tertiary/aromatic N) is 3. The van der Waals surface area contributed by atoms with Crippen molar-refractivity contribution < 1.29 is 4.79 Å². The van der Waals surface area contributed by atoms with Gasteiger partial charge in [-0.15, -0.1) is 11.3 Å². The average molecular weight is 345 g/mol. The third kappa shape index (κ3) is 4.83. The highest BCUT2D eigenvalue weighted by atomic mass is 32.1. The Morgan fingerprint density at radius 1 is 1.50 bits per heavy atom. The standard InChI is InChI=1S/C17H23N5OS/c1-12-7-14(3-4-18-12)8-15-10-22(6-5-19-15)11-16-9-20-17(24-16)21-13(2)23/h3-4,7,9,15,19H,5-6,8,10-11H2,1-2H3,(H,20,21,23)/t15-/m1/s1. The van der Waals surface area contributed by atoms with E-state index >= 15 is 0 Å². The Labute approximate surface area is 146 Å². The third-order valence-corrected chi connectivity index (χ3v) is 4.90. The summed E-state index contributed by atoms with van der Waals surface area (Å²) in [6, 6.07) is 4.70. The Morgan fingerprint density at radius 2 is 2.38 bits per heavy atom. The van der Waals surface area contributed by atoms with Crippen LogP contribution in [0.5, 0.6) is 0 Å². The molecule has 7 heteroatoms. The minimum atomic E-state index is -0.0780. The fourth-order valence-electron chi connectivity index (χ4n) is 3.00. The largest absolute Gasteiger partial charge is 0.311 e. The molecule has 0 radical (unpaired) electrons. The summed E-state index contributed by atoms with van der Waals surface area (Å²) in [6.45, 7) is 7.44. The fraction of sp³-hybridized carbons (Fsp3) is 0.471. The van der Waals surface area contributed by atoms with Gasteiger partial charge in [-0.3, -0.25) is 14.7 Å². The number of pyridine rings is 1. The molecule has 0 saturated carbocycles. The van der Waals surface area contributed by atoms with Gasteiger partial charge in [0, 0.05) is 62.1 Å². The summed E-state index contributed by atoms with van der Waals surface area (Å²) in [5.74, 6) is -0.0780. The molecule has 0 aliphatic carbocycles. The van der Waals surface area contributed by atoms with E-state index in [0.29, 0.717) is 11.2 Å². The Kier molecular flexibility index (Phi) is 5.55. The third-order valence-electron chi connectivity index (χ3n) is 4.00. The second-order valence-corrected chi connectivity index (χ2v) is 7.32. The first-order valence-corrected chi connectivity index (χ1v) is 9.00. The zero-order valence-corrected chi connectivity index (χ0v) is 14.9. The lowest BCUT2D eigenvalue weighted by Gasteiger charge is -2.33. The minimum Gasteiger partial charge on any atom is -0.311 e. The number of nitrogens with one attached hydrogen (secondary N) is 2. The smallest absolute Gasteiger partial charge is 0.223 e. The van der Waals surface area contributed by atoms with E-state index in [1.54, 1.807) is 11.3 Å². The number of carbonyl (C=O) groups excluding carboxylic acids is 1. The van der Waals surface area contributed by atoms with Gasteiger partial charge in [0.25, 0.3) is 0 Å². The van der Waals surface area contributed by atoms with E-state index in [0.717, 1.165) is 38.3 Å². The second-order valence-electron chi connectivity index (χ2n) is 6.21. The summed E-state index contributed by atoms with van der Waals surface area (Å²) >= 11 is 1.55. The van der Waals surface area contributed by atoms with Crippen LogP contribution in [0.4, 0.5) is 5.13 Å². The highest BCUT2D eigenvalue weighted by molar-refractivity contribution is 7.15. The maximum absolute atomic E-state index is 11.1. The van der Waals surface area contributed by atoms with E-state index in [-0.39, 0.29) is 5.91 Å². The molecule has 3 heterocycles. The van der Waals surface area contributed by atoms with Crippen molar-refractivity contribution in [1.29, 1.82) is 0 Å². The molecule has 1 aliphatic heterocycles. The van der Waals surface area contributed by atoms with Crippen LogP contribution in [-0.2, 0) is 17.8 Å². The number of thiazole rings is 1. The lowest BCUT2D eigenvalue weighted by molar-refractivity contribution is -0.114. The summed E-state index contributed by atoms with van der Waals surface area (Å²) in [7, 11) is 0. The van der Waals surface area contributed by atoms with Crippen LogP contribution in [0.3, 0.4) is 0 Å². The second kappa shape index (κ2) is 7.83. The van der Waals surface area contributed by atoms with E-state index in [2.05, 4.69) is 37.6 Å². The summed E-state index contributed by atoms with van der Waals surface area (Å²) < 4.78 is 0. The Bertz CT molecular complexity index is 702. The molecule has 3 rings (SSSR count). The van der Waals surface area contributed by atoms with Gasteiger partial charge in [0.15, 0.2) is 5.13 Å². The monoisotopic (exact) mass is 345 g/mol. The number of amides is 1. The summed E-state index contributed by atoms with van der Waals surface area (Å²) in [4.78, 5) is 23.2. The molecule has 6 nitrogen and oxygen atoms in total. The highest BCUT2D eigenvalue weighted by Crippen LogP contribution is 2.20. The molecule has 0 unspecified atom stereocenters. The van der Waals surface area contributed by atoms with E-state index in [1.807, 2.05) is 19.3 Å². The van der Waals surface area contributed by atoms with Gasteiger partial charge in [-0.25, -0.2) is 4.98 Å². The van der Waals surface area contributed by atoms with Crippen molar-refractivity contribution in [3.05, 3.63) is 40.7 Å².